The van der Waals surface area contributed by atoms with Gasteiger partial charge < -0.3 is 10.1 Å². The van der Waals surface area contributed by atoms with Gasteiger partial charge in [0.05, 0.1) is 17.1 Å². The molecule has 0 bridgehead atoms. The SMILES string of the molecule is CCC1Oc2ccc(-c3csc(-c4ccccn4)n3)cc2N(CC(=O)Nc2ccc(C)c(C)c2)C1=O. The quantitative estimate of drug-likeness (QED) is 0.372. The molecule has 8 heteroatoms. The van der Waals surface area contributed by atoms with E-state index in [4.69, 9.17) is 9.72 Å². The zero-order chi connectivity index (χ0) is 25.2. The molecule has 1 unspecified atom stereocenters. The minimum Gasteiger partial charge on any atom is -0.478 e. The predicted molar refractivity (Wildman–Crippen MR) is 142 cm³/mol. The van der Waals surface area contributed by atoms with Crippen LogP contribution in [-0.4, -0.2) is 34.4 Å². The van der Waals surface area contributed by atoms with Gasteiger partial charge in [-0.05, 0) is 73.9 Å². The Morgan fingerprint density at radius 2 is 1.94 bits per heavy atom. The van der Waals surface area contributed by atoms with Gasteiger partial charge in [-0.25, -0.2) is 4.98 Å². The van der Waals surface area contributed by atoms with Crippen molar-refractivity contribution < 1.29 is 14.3 Å². The molecule has 2 aromatic heterocycles. The first kappa shape index (κ1) is 23.7. The maximum Gasteiger partial charge on any atom is 0.268 e. The number of benzene rings is 2. The molecule has 1 aliphatic rings. The highest BCUT2D eigenvalue weighted by Crippen LogP contribution is 2.39. The van der Waals surface area contributed by atoms with Crippen molar-refractivity contribution in [3.63, 3.8) is 0 Å². The largest absolute Gasteiger partial charge is 0.478 e. The lowest BCUT2D eigenvalue weighted by atomic mass is 10.1. The monoisotopic (exact) mass is 498 g/mol. The first-order chi connectivity index (χ1) is 17.4. The van der Waals surface area contributed by atoms with Crippen molar-refractivity contribution in [2.75, 3.05) is 16.8 Å². The summed E-state index contributed by atoms with van der Waals surface area (Å²) in [4.78, 5) is 36.8. The van der Waals surface area contributed by atoms with Crippen LogP contribution >= 0.6 is 11.3 Å². The molecule has 7 nitrogen and oxygen atoms in total. The number of nitrogens with zero attached hydrogens (tertiary/aromatic N) is 3. The lowest BCUT2D eigenvalue weighted by Gasteiger charge is -2.34. The van der Waals surface area contributed by atoms with Crippen molar-refractivity contribution in [2.24, 2.45) is 0 Å². The standard InChI is InChI=1S/C28H26N4O3S/c1-4-24-28(34)32(15-26(33)30-20-10-8-17(2)18(3)13-20)23-14-19(9-11-25(23)35-24)22-16-36-27(31-22)21-7-5-6-12-29-21/h5-14,16,24H,4,15H2,1-3H3,(H,30,33). The molecular weight excluding hydrogens is 472 g/mol. The molecule has 2 amide bonds. The van der Waals surface area contributed by atoms with Crippen molar-refractivity contribution >= 4 is 34.5 Å². The third-order valence-electron chi connectivity index (χ3n) is 6.21. The van der Waals surface area contributed by atoms with Gasteiger partial charge in [0.15, 0.2) is 6.10 Å². The van der Waals surface area contributed by atoms with Crippen molar-refractivity contribution in [1.29, 1.82) is 0 Å². The van der Waals surface area contributed by atoms with Crippen molar-refractivity contribution in [2.45, 2.75) is 33.3 Å². The number of anilines is 2. The van der Waals surface area contributed by atoms with Gasteiger partial charge in [-0.15, -0.1) is 11.3 Å². The number of carbonyl (C=O) groups excluding carboxylic acids is 2. The fourth-order valence-corrected chi connectivity index (χ4v) is 4.89. The molecule has 0 saturated heterocycles. The van der Waals surface area contributed by atoms with Crippen molar-refractivity contribution in [3.8, 4) is 27.7 Å². The number of carbonyl (C=O) groups is 2. The molecular formula is C28H26N4O3S. The molecule has 36 heavy (non-hydrogen) atoms. The Morgan fingerprint density at radius 3 is 2.69 bits per heavy atom. The number of hydrogen-bond donors (Lipinski definition) is 1. The average molecular weight is 499 g/mol. The summed E-state index contributed by atoms with van der Waals surface area (Å²) in [5.74, 6) is 0.0694. The molecule has 3 heterocycles. The van der Waals surface area contributed by atoms with E-state index < -0.39 is 6.10 Å². The normalized spacial score (nSPS) is 14.8. The predicted octanol–water partition coefficient (Wildman–Crippen LogP) is 5.63. The van der Waals surface area contributed by atoms with E-state index >= 15 is 0 Å². The first-order valence-corrected chi connectivity index (χ1v) is 12.7. The molecule has 1 N–H and O–H groups in total. The van der Waals surface area contributed by atoms with Crippen LogP contribution in [-0.2, 0) is 9.59 Å². The van der Waals surface area contributed by atoms with Gasteiger partial charge in [0.2, 0.25) is 5.91 Å². The second kappa shape index (κ2) is 9.91. The molecule has 0 fully saturated rings. The van der Waals surface area contributed by atoms with Crippen LogP contribution in [0.4, 0.5) is 11.4 Å². The number of aromatic nitrogens is 2. The van der Waals surface area contributed by atoms with Gasteiger partial charge in [-0.2, -0.15) is 0 Å². The molecule has 0 radical (unpaired) electrons. The number of aryl methyl sites for hydroxylation is 2. The number of ether oxygens (including phenoxy) is 1. The summed E-state index contributed by atoms with van der Waals surface area (Å²) in [6.45, 7) is 5.80. The van der Waals surface area contributed by atoms with Gasteiger partial charge in [0, 0.05) is 22.8 Å². The first-order valence-electron chi connectivity index (χ1n) is 11.8. The Hall–Kier alpha value is -4.04. The van der Waals surface area contributed by atoms with Crippen LogP contribution in [0.25, 0.3) is 22.0 Å². The molecule has 2 aromatic carbocycles. The minimum atomic E-state index is -0.632. The number of hydrogen-bond acceptors (Lipinski definition) is 6. The Kier molecular flexibility index (Phi) is 6.52. The Bertz CT molecular complexity index is 1430. The van der Waals surface area contributed by atoms with Crippen LogP contribution in [0.3, 0.4) is 0 Å². The van der Waals surface area contributed by atoms with Crippen LogP contribution < -0.4 is 15.0 Å². The number of rotatable bonds is 6. The highest BCUT2D eigenvalue weighted by Gasteiger charge is 2.34. The van der Waals surface area contributed by atoms with E-state index in [9.17, 15) is 9.59 Å². The lowest BCUT2D eigenvalue weighted by molar-refractivity contribution is -0.128. The molecule has 1 aliphatic heterocycles. The van der Waals surface area contributed by atoms with Gasteiger partial charge in [-0.3, -0.25) is 19.5 Å². The zero-order valence-corrected chi connectivity index (χ0v) is 21.1. The van der Waals surface area contributed by atoms with E-state index in [1.165, 1.54) is 16.2 Å². The summed E-state index contributed by atoms with van der Waals surface area (Å²) in [5.41, 5.74) is 5.91. The smallest absolute Gasteiger partial charge is 0.268 e. The minimum absolute atomic E-state index is 0.113. The topological polar surface area (TPSA) is 84.4 Å². The molecule has 1 atom stereocenters. The van der Waals surface area contributed by atoms with Crippen LogP contribution in [0.5, 0.6) is 5.75 Å². The van der Waals surface area contributed by atoms with E-state index in [2.05, 4.69) is 10.3 Å². The van der Waals surface area contributed by atoms with Crippen molar-refractivity contribution in [1.82, 2.24) is 9.97 Å². The Morgan fingerprint density at radius 1 is 1.08 bits per heavy atom. The molecule has 0 aliphatic carbocycles. The lowest BCUT2D eigenvalue weighted by Crippen LogP contribution is -2.48. The summed E-state index contributed by atoms with van der Waals surface area (Å²) in [6.07, 6.45) is 1.62. The number of amides is 2. The summed E-state index contributed by atoms with van der Waals surface area (Å²) < 4.78 is 5.97. The number of fused-ring (bicyclic) bond motifs is 1. The van der Waals surface area contributed by atoms with Gasteiger partial charge in [0.25, 0.3) is 5.91 Å². The summed E-state index contributed by atoms with van der Waals surface area (Å²) in [7, 11) is 0. The fraction of sp³-hybridized carbons (Fsp3) is 0.214. The molecule has 182 valence electrons. The summed E-state index contributed by atoms with van der Waals surface area (Å²) in [6, 6.07) is 17.1. The maximum atomic E-state index is 13.2. The third kappa shape index (κ3) is 4.72. The second-order valence-electron chi connectivity index (χ2n) is 8.72. The highest BCUT2D eigenvalue weighted by molar-refractivity contribution is 7.13. The van der Waals surface area contributed by atoms with Crippen LogP contribution in [0.15, 0.2) is 66.2 Å². The van der Waals surface area contributed by atoms with Crippen LogP contribution in [0.1, 0.15) is 24.5 Å². The molecule has 4 aromatic rings. The average Bonchev–Trinajstić information content (AvgIpc) is 3.38. The fourth-order valence-electron chi connectivity index (χ4n) is 4.08. The van der Waals surface area contributed by atoms with Gasteiger partial charge in [-0.1, -0.05) is 19.1 Å². The van der Waals surface area contributed by atoms with Gasteiger partial charge in [0.1, 0.15) is 17.3 Å². The molecule has 0 spiro atoms. The molecule has 5 rings (SSSR count). The number of pyridine rings is 1. The zero-order valence-electron chi connectivity index (χ0n) is 20.3. The van der Waals surface area contributed by atoms with E-state index in [1.54, 1.807) is 6.20 Å². The van der Waals surface area contributed by atoms with E-state index in [1.807, 2.05) is 80.7 Å². The Balaban J connectivity index is 1.43. The van der Waals surface area contributed by atoms with E-state index in [-0.39, 0.29) is 18.4 Å². The van der Waals surface area contributed by atoms with Crippen molar-refractivity contribution in [3.05, 3.63) is 77.3 Å². The molecule has 0 saturated carbocycles. The third-order valence-corrected chi connectivity index (χ3v) is 7.07. The highest BCUT2D eigenvalue weighted by atomic mass is 32.1. The second-order valence-corrected chi connectivity index (χ2v) is 9.58. The maximum absolute atomic E-state index is 13.2. The summed E-state index contributed by atoms with van der Waals surface area (Å²) >= 11 is 1.50. The van der Waals surface area contributed by atoms with E-state index in [0.717, 1.165) is 33.1 Å². The Labute approximate surface area is 213 Å². The van der Waals surface area contributed by atoms with E-state index in [0.29, 0.717) is 23.5 Å². The van der Waals surface area contributed by atoms with Crippen LogP contribution in [0, 0.1) is 13.8 Å². The van der Waals surface area contributed by atoms with Gasteiger partial charge >= 0.3 is 0 Å². The number of nitrogens with one attached hydrogen (secondary N) is 1. The van der Waals surface area contributed by atoms with Crippen LogP contribution in [0.2, 0.25) is 0 Å². The number of thiazole rings is 1. The summed E-state index contributed by atoms with van der Waals surface area (Å²) in [5, 5.41) is 5.69.